The zero-order chi connectivity index (χ0) is 68.6. The lowest BCUT2D eigenvalue weighted by Crippen LogP contribution is -2.68. The van der Waals surface area contributed by atoms with E-state index in [9.17, 15) is 0 Å². The second kappa shape index (κ2) is 36.6. The SMILES string of the molecule is CCCCOC1C2CC3CCCCC3CC2C(OCCCC)C2C3NC(NC4NC(NC5NC(NC6NC(N3)C3C(OCCCC)C7NCCCC7C(OCCCC)C63)C3C(OCCCC)C6NCCCC6C(OCCCC)C53)C3C(OCCCC)C5NCCCC5C(OCCCC)C43)C12. The van der Waals surface area contributed by atoms with E-state index in [0.29, 0.717) is 29.6 Å². The standard InChI is InChI=1S/C81H147N11O8/c1-9-17-38-93-66-50-32-27-35-82-63(50)71(98-43-22-14-6)60-57(66)76-86-74-55-56(70(97-42-21-13-5)54-47-49-31-26-25-30-48(49)46-53(54)69(55)96-41-20-12-4)75(85-74)87-79-61-58(67(94-39-18-10-2)51-33-28-36-83-64(51)72(61)99-44-23-15-7)77(89-79)91-81-62-59(78(92-81)90-80(60)88-76)68(95-40-19-11-3)52-34-29-37-84-65(52)73(62)100-45-24-16-8/h48-92H,9-47H2,1-8H3. The fourth-order valence-electron chi connectivity index (χ4n) is 24.3. The van der Waals surface area contributed by atoms with E-state index in [2.05, 4.69) is 92.6 Å². The summed E-state index contributed by atoms with van der Waals surface area (Å²) >= 11 is 0. The minimum atomic E-state index is -0.136. The predicted molar refractivity (Wildman–Crippen MR) is 396 cm³/mol. The average molecular weight is 1400 g/mol. The molecule has 8 heterocycles. The zero-order valence-electron chi connectivity index (χ0n) is 64.0. The van der Waals surface area contributed by atoms with E-state index in [4.69, 9.17) is 59.2 Å². The van der Waals surface area contributed by atoms with Crippen LogP contribution in [0, 0.1) is 88.8 Å². The Morgan fingerprint density at radius 1 is 0.230 bits per heavy atom. The molecule has 0 spiro atoms. The molecule has 19 heteroatoms. The monoisotopic (exact) mass is 1400 g/mol. The average Bonchev–Trinajstić information content (AvgIpc) is 1.54. The first kappa shape index (κ1) is 76.0. The van der Waals surface area contributed by atoms with Crippen LogP contribution in [0.2, 0.25) is 0 Å². The Hall–Kier alpha value is -0.760. The third kappa shape index (κ3) is 15.7. The molecule has 8 bridgehead atoms. The maximum atomic E-state index is 7.84. The van der Waals surface area contributed by atoms with Crippen molar-refractivity contribution in [1.82, 2.24) is 58.5 Å². The molecule has 0 aromatic carbocycles. The second-order valence-electron chi connectivity index (χ2n) is 34.7. The zero-order valence-corrected chi connectivity index (χ0v) is 64.0. The third-order valence-electron chi connectivity index (χ3n) is 28.8. The molecule has 0 aromatic rings. The Balaban J connectivity index is 0.960. The molecule has 34 atom stereocenters. The van der Waals surface area contributed by atoms with Crippen molar-refractivity contribution in [2.75, 3.05) is 72.5 Å². The summed E-state index contributed by atoms with van der Waals surface area (Å²) in [7, 11) is 0. The number of piperidine rings is 3. The van der Waals surface area contributed by atoms with Crippen LogP contribution in [-0.4, -0.2) is 189 Å². The number of ether oxygens (including phenoxy) is 8. The molecule has 14 fully saturated rings. The summed E-state index contributed by atoms with van der Waals surface area (Å²) in [5.41, 5.74) is 0. The summed E-state index contributed by atoms with van der Waals surface area (Å²) < 4.78 is 61.6. The van der Waals surface area contributed by atoms with Gasteiger partial charge < -0.3 is 53.8 Å². The fraction of sp³-hybridized carbons (Fsp3) is 1.00. The van der Waals surface area contributed by atoms with Gasteiger partial charge in [0, 0.05) is 136 Å². The van der Waals surface area contributed by atoms with Gasteiger partial charge >= 0.3 is 0 Å². The van der Waals surface area contributed by atoms with Gasteiger partial charge in [0.15, 0.2) is 0 Å². The van der Waals surface area contributed by atoms with Gasteiger partial charge in [-0.15, -0.1) is 0 Å². The number of fused-ring (bicyclic) bond motifs is 25. The molecule has 14 aliphatic rings. The lowest BCUT2D eigenvalue weighted by atomic mass is 9.54. The second-order valence-corrected chi connectivity index (χ2v) is 34.7. The van der Waals surface area contributed by atoms with Gasteiger partial charge in [0.05, 0.1) is 98.2 Å². The number of rotatable bonds is 32. The van der Waals surface area contributed by atoms with Crippen LogP contribution in [-0.2, 0) is 37.9 Å². The highest BCUT2D eigenvalue weighted by Gasteiger charge is 2.69. The lowest BCUT2D eigenvalue weighted by molar-refractivity contribution is -0.187. The van der Waals surface area contributed by atoms with Crippen molar-refractivity contribution < 1.29 is 37.9 Å². The van der Waals surface area contributed by atoms with E-state index in [1.54, 1.807) is 0 Å². The molecule has 8 saturated heterocycles. The van der Waals surface area contributed by atoms with Crippen LogP contribution in [0.3, 0.4) is 0 Å². The van der Waals surface area contributed by atoms with Crippen molar-refractivity contribution in [1.29, 1.82) is 0 Å². The largest absolute Gasteiger partial charge is 0.378 e. The molecule has 0 radical (unpaired) electrons. The maximum absolute atomic E-state index is 7.84. The molecule has 19 nitrogen and oxygen atoms in total. The first-order valence-corrected chi connectivity index (χ1v) is 43.6. The van der Waals surface area contributed by atoms with Crippen LogP contribution in [0.4, 0.5) is 0 Å². The highest BCUT2D eigenvalue weighted by Crippen LogP contribution is 2.59. The molecule has 8 aliphatic heterocycles. The van der Waals surface area contributed by atoms with Crippen LogP contribution in [0.1, 0.15) is 235 Å². The first-order valence-electron chi connectivity index (χ1n) is 43.6. The number of unbranched alkanes of at least 4 members (excludes halogenated alkanes) is 8. The molecule has 34 unspecified atom stereocenters. The van der Waals surface area contributed by atoms with Gasteiger partial charge in [0.2, 0.25) is 0 Å². The van der Waals surface area contributed by atoms with Crippen LogP contribution < -0.4 is 58.5 Å². The van der Waals surface area contributed by atoms with Crippen molar-refractivity contribution >= 4 is 0 Å². The van der Waals surface area contributed by atoms with E-state index in [1.165, 1.54) is 38.5 Å². The molecule has 100 heavy (non-hydrogen) atoms. The van der Waals surface area contributed by atoms with Crippen LogP contribution in [0.25, 0.3) is 0 Å². The quantitative estimate of drug-likeness (QED) is 0.0284. The molecule has 6 aliphatic carbocycles. The van der Waals surface area contributed by atoms with Crippen LogP contribution in [0.5, 0.6) is 0 Å². The van der Waals surface area contributed by atoms with Gasteiger partial charge in [-0.2, -0.15) is 0 Å². The Bertz CT molecular complexity index is 2270. The highest BCUT2D eigenvalue weighted by molar-refractivity contribution is 5.21. The number of nitrogens with one attached hydrogen (secondary N) is 11. The Morgan fingerprint density at radius 2 is 0.430 bits per heavy atom. The maximum Gasteiger partial charge on any atom is 0.0792 e. The van der Waals surface area contributed by atoms with E-state index in [-0.39, 0.29) is 164 Å². The predicted octanol–water partition coefficient (Wildman–Crippen LogP) is 9.78. The van der Waals surface area contributed by atoms with Crippen LogP contribution in [0.15, 0.2) is 0 Å². The van der Waals surface area contributed by atoms with E-state index in [0.717, 1.165) is 226 Å². The lowest BCUT2D eigenvalue weighted by Gasteiger charge is -2.56. The summed E-state index contributed by atoms with van der Waals surface area (Å²) in [6, 6.07) is 0.532. The molecule has 11 N–H and O–H groups in total. The minimum absolute atomic E-state index is 0.0135. The first-order chi connectivity index (χ1) is 49.4. The normalized spacial score (nSPS) is 47.0. The van der Waals surface area contributed by atoms with Crippen molar-refractivity contribution in [2.24, 2.45) is 88.8 Å². The molecular weight excluding hydrogens is 1250 g/mol. The molecule has 6 saturated carbocycles. The van der Waals surface area contributed by atoms with Gasteiger partial charge in [0.1, 0.15) is 0 Å². The van der Waals surface area contributed by atoms with Gasteiger partial charge in [-0.25, -0.2) is 0 Å². The summed E-state index contributed by atoms with van der Waals surface area (Å²) in [5, 5.41) is 50.1. The number of hydrogen-bond acceptors (Lipinski definition) is 19. The smallest absolute Gasteiger partial charge is 0.0792 e. The van der Waals surface area contributed by atoms with Crippen molar-refractivity contribution in [3.63, 3.8) is 0 Å². The van der Waals surface area contributed by atoms with Crippen molar-refractivity contribution in [2.45, 2.75) is 351 Å². The van der Waals surface area contributed by atoms with E-state index >= 15 is 0 Å². The van der Waals surface area contributed by atoms with Crippen molar-refractivity contribution in [3.05, 3.63) is 0 Å². The molecule has 0 aromatic heterocycles. The molecule has 0 amide bonds. The molecule has 574 valence electrons. The van der Waals surface area contributed by atoms with Crippen molar-refractivity contribution in [3.8, 4) is 0 Å². The van der Waals surface area contributed by atoms with Crippen LogP contribution >= 0.6 is 0 Å². The topological polar surface area (TPSA) is 206 Å². The highest BCUT2D eigenvalue weighted by atomic mass is 16.5. The van der Waals surface area contributed by atoms with Gasteiger partial charge in [-0.05, 0) is 146 Å². The summed E-state index contributed by atoms with van der Waals surface area (Å²) in [6.07, 6.45) is 31.2. The minimum Gasteiger partial charge on any atom is -0.378 e. The van der Waals surface area contributed by atoms with E-state index in [1.807, 2.05) is 0 Å². The summed E-state index contributed by atoms with van der Waals surface area (Å²) in [4.78, 5) is 0. The Kier molecular flexibility index (Phi) is 27.9. The van der Waals surface area contributed by atoms with Gasteiger partial charge in [-0.3, -0.25) is 42.5 Å². The van der Waals surface area contributed by atoms with E-state index < -0.39 is 0 Å². The van der Waals surface area contributed by atoms with Gasteiger partial charge in [-0.1, -0.05) is 132 Å². The molecular formula is C81H147N11O8. The Labute approximate surface area is 606 Å². The summed E-state index contributed by atoms with van der Waals surface area (Å²) in [5.74, 6) is 4.06. The van der Waals surface area contributed by atoms with Gasteiger partial charge in [0.25, 0.3) is 0 Å². The third-order valence-corrected chi connectivity index (χ3v) is 28.8. The summed E-state index contributed by atoms with van der Waals surface area (Å²) in [6.45, 7) is 27.8. The Morgan fingerprint density at radius 3 is 0.650 bits per heavy atom. The molecule has 14 rings (SSSR count). The number of hydrogen-bond donors (Lipinski definition) is 11. The fourth-order valence-corrected chi connectivity index (χ4v) is 24.3.